The Kier molecular flexibility index (Phi) is 6.51. The van der Waals surface area contributed by atoms with Crippen molar-refractivity contribution < 1.29 is 32.2 Å². The van der Waals surface area contributed by atoms with Crippen molar-refractivity contribution in [2.24, 2.45) is 5.41 Å². The van der Waals surface area contributed by atoms with Gasteiger partial charge < -0.3 is 14.4 Å². The third-order valence-corrected chi connectivity index (χ3v) is 5.80. The topological polar surface area (TPSA) is 55.8 Å². The molecule has 0 saturated carbocycles. The molecule has 1 amide bonds. The second-order valence-corrected chi connectivity index (χ2v) is 7.66. The molecule has 2 fully saturated rings. The number of piperidine rings is 1. The Hall–Kier alpha value is -2.09. The molecule has 0 N–H and O–H groups in total. The van der Waals surface area contributed by atoms with Crippen molar-refractivity contribution in [3.05, 3.63) is 35.4 Å². The minimum absolute atomic E-state index is 0.0660. The van der Waals surface area contributed by atoms with Crippen LogP contribution in [-0.4, -0.2) is 49.2 Å². The number of benzene rings is 1. The highest BCUT2D eigenvalue weighted by molar-refractivity contribution is 5.82. The summed E-state index contributed by atoms with van der Waals surface area (Å²) < 4.78 is 51.0. The van der Waals surface area contributed by atoms with Crippen LogP contribution in [0.3, 0.4) is 0 Å². The Balaban J connectivity index is 1.80. The van der Waals surface area contributed by atoms with Crippen LogP contribution in [0.5, 0.6) is 0 Å². The second-order valence-electron chi connectivity index (χ2n) is 7.66. The summed E-state index contributed by atoms with van der Waals surface area (Å²) in [5.74, 6) is -0.600. The molecule has 2 saturated heterocycles. The standard InChI is InChI=1S/C21H26F3NO4/c1-2-28-19(27)20(14-15-6-3-4-7-16(15)21(22,23)24)9-11-25(12-10-20)18(26)17-8-5-13-29-17/h3-4,6-7,17H,2,5,8-14H2,1H3/t17-/m0/s1. The molecule has 2 aliphatic heterocycles. The van der Waals surface area contributed by atoms with Gasteiger partial charge in [-0.2, -0.15) is 13.2 Å². The molecule has 0 unspecified atom stereocenters. The lowest BCUT2D eigenvalue weighted by Gasteiger charge is -2.41. The normalized spacial score (nSPS) is 21.8. The van der Waals surface area contributed by atoms with Gasteiger partial charge in [-0.25, -0.2) is 0 Å². The van der Waals surface area contributed by atoms with Crippen LogP contribution in [0.2, 0.25) is 0 Å². The van der Waals surface area contributed by atoms with Gasteiger partial charge in [-0.15, -0.1) is 0 Å². The number of hydrogen-bond donors (Lipinski definition) is 0. The highest BCUT2D eigenvalue weighted by Gasteiger charge is 2.46. The van der Waals surface area contributed by atoms with Crippen LogP contribution in [0.25, 0.3) is 0 Å². The number of carbonyl (C=O) groups is 2. The fourth-order valence-corrected chi connectivity index (χ4v) is 4.18. The number of nitrogens with zero attached hydrogens (tertiary/aromatic N) is 1. The monoisotopic (exact) mass is 413 g/mol. The number of amides is 1. The lowest BCUT2D eigenvalue weighted by Crippen LogP contribution is -2.50. The molecule has 0 radical (unpaired) electrons. The van der Waals surface area contributed by atoms with Gasteiger partial charge in [-0.05, 0) is 50.7 Å². The summed E-state index contributed by atoms with van der Waals surface area (Å²) in [5.41, 5.74) is -1.74. The maximum absolute atomic E-state index is 13.4. The Morgan fingerprint density at radius 2 is 1.93 bits per heavy atom. The van der Waals surface area contributed by atoms with Crippen LogP contribution < -0.4 is 0 Å². The molecule has 0 bridgehead atoms. The van der Waals surface area contributed by atoms with Crippen molar-refractivity contribution in [2.45, 2.75) is 51.3 Å². The molecular weight excluding hydrogens is 387 g/mol. The summed E-state index contributed by atoms with van der Waals surface area (Å²) in [6.07, 6.45) is -2.97. The van der Waals surface area contributed by atoms with Crippen molar-refractivity contribution in [1.82, 2.24) is 4.90 Å². The predicted molar refractivity (Wildman–Crippen MR) is 99.0 cm³/mol. The third-order valence-electron chi connectivity index (χ3n) is 5.80. The van der Waals surface area contributed by atoms with Gasteiger partial charge in [-0.1, -0.05) is 18.2 Å². The number of carbonyl (C=O) groups excluding carboxylic acids is 2. The van der Waals surface area contributed by atoms with E-state index in [1.807, 2.05) is 0 Å². The predicted octanol–water partition coefficient (Wildman–Crippen LogP) is 3.60. The van der Waals surface area contributed by atoms with E-state index in [-0.39, 0.29) is 37.3 Å². The molecule has 0 aromatic heterocycles. The third kappa shape index (κ3) is 4.74. The highest BCUT2D eigenvalue weighted by Crippen LogP contribution is 2.40. The van der Waals surface area contributed by atoms with E-state index in [0.29, 0.717) is 26.1 Å². The van der Waals surface area contributed by atoms with Crippen molar-refractivity contribution in [1.29, 1.82) is 0 Å². The summed E-state index contributed by atoms with van der Waals surface area (Å²) in [5, 5.41) is 0. The molecule has 0 aliphatic carbocycles. The summed E-state index contributed by atoms with van der Waals surface area (Å²) in [7, 11) is 0. The van der Waals surface area contributed by atoms with Crippen LogP contribution >= 0.6 is 0 Å². The minimum Gasteiger partial charge on any atom is -0.466 e. The lowest BCUT2D eigenvalue weighted by atomic mass is 9.73. The van der Waals surface area contributed by atoms with E-state index in [1.54, 1.807) is 17.9 Å². The van der Waals surface area contributed by atoms with Crippen molar-refractivity contribution >= 4 is 11.9 Å². The summed E-state index contributed by atoms with van der Waals surface area (Å²) in [6, 6.07) is 5.32. The molecule has 5 nitrogen and oxygen atoms in total. The Labute approximate surface area is 168 Å². The van der Waals surface area contributed by atoms with Gasteiger partial charge in [0.05, 0.1) is 17.6 Å². The lowest BCUT2D eigenvalue weighted by molar-refractivity contribution is -0.162. The van der Waals surface area contributed by atoms with Gasteiger partial charge in [0.25, 0.3) is 5.91 Å². The molecule has 2 aliphatic rings. The zero-order valence-electron chi connectivity index (χ0n) is 16.5. The smallest absolute Gasteiger partial charge is 0.416 e. The molecule has 160 valence electrons. The van der Waals surface area contributed by atoms with E-state index >= 15 is 0 Å². The van der Waals surface area contributed by atoms with Crippen molar-refractivity contribution in [2.75, 3.05) is 26.3 Å². The molecule has 0 spiro atoms. The second kappa shape index (κ2) is 8.73. The van der Waals surface area contributed by atoms with Gasteiger partial charge in [-0.3, -0.25) is 9.59 Å². The summed E-state index contributed by atoms with van der Waals surface area (Å²) in [4.78, 5) is 27.0. The number of esters is 1. The maximum atomic E-state index is 13.4. The van der Waals surface area contributed by atoms with Crippen LogP contribution in [0, 0.1) is 5.41 Å². The SMILES string of the molecule is CCOC(=O)C1(Cc2ccccc2C(F)(F)F)CCN(C(=O)[C@@H]2CCCO2)CC1. The van der Waals surface area contributed by atoms with E-state index in [1.165, 1.54) is 12.1 Å². The Morgan fingerprint density at radius 3 is 2.52 bits per heavy atom. The number of likely N-dealkylation sites (tertiary alicyclic amines) is 1. The van der Waals surface area contributed by atoms with Crippen LogP contribution in [0.15, 0.2) is 24.3 Å². The van der Waals surface area contributed by atoms with Gasteiger partial charge in [0.1, 0.15) is 6.10 Å². The maximum Gasteiger partial charge on any atom is 0.416 e. The molecule has 1 aromatic carbocycles. The van der Waals surface area contributed by atoms with Crippen molar-refractivity contribution in [3.8, 4) is 0 Å². The van der Waals surface area contributed by atoms with Gasteiger partial charge in [0.2, 0.25) is 0 Å². The quantitative estimate of drug-likeness (QED) is 0.693. The first-order valence-electron chi connectivity index (χ1n) is 9.99. The zero-order valence-corrected chi connectivity index (χ0v) is 16.5. The van der Waals surface area contributed by atoms with Crippen LogP contribution in [-0.2, 0) is 31.7 Å². The summed E-state index contributed by atoms with van der Waals surface area (Å²) in [6.45, 7) is 2.98. The molecule has 2 heterocycles. The number of rotatable bonds is 5. The number of alkyl halides is 3. The highest BCUT2D eigenvalue weighted by atomic mass is 19.4. The fourth-order valence-electron chi connectivity index (χ4n) is 4.18. The van der Waals surface area contributed by atoms with Crippen LogP contribution in [0.4, 0.5) is 13.2 Å². The van der Waals surface area contributed by atoms with Gasteiger partial charge >= 0.3 is 12.1 Å². The molecule has 3 rings (SSSR count). The molecule has 1 atom stereocenters. The zero-order chi connectivity index (χ0) is 21.1. The Bertz CT molecular complexity index is 736. The van der Waals surface area contributed by atoms with E-state index in [4.69, 9.17) is 9.47 Å². The number of halogens is 3. The van der Waals surface area contributed by atoms with E-state index < -0.39 is 29.2 Å². The molecule has 1 aromatic rings. The average Bonchev–Trinajstić information content (AvgIpc) is 3.22. The molecule has 29 heavy (non-hydrogen) atoms. The summed E-state index contributed by atoms with van der Waals surface area (Å²) >= 11 is 0. The fraction of sp³-hybridized carbons (Fsp3) is 0.619. The molecule has 8 heteroatoms. The minimum atomic E-state index is -4.50. The average molecular weight is 413 g/mol. The van der Waals surface area contributed by atoms with Gasteiger partial charge in [0.15, 0.2) is 0 Å². The van der Waals surface area contributed by atoms with Crippen molar-refractivity contribution in [3.63, 3.8) is 0 Å². The number of hydrogen-bond acceptors (Lipinski definition) is 4. The van der Waals surface area contributed by atoms with E-state index in [2.05, 4.69) is 0 Å². The van der Waals surface area contributed by atoms with Crippen LogP contribution in [0.1, 0.15) is 43.7 Å². The van der Waals surface area contributed by atoms with E-state index in [9.17, 15) is 22.8 Å². The first-order valence-corrected chi connectivity index (χ1v) is 9.99. The first-order chi connectivity index (χ1) is 13.8. The largest absolute Gasteiger partial charge is 0.466 e. The molecular formula is C21H26F3NO4. The first kappa shape index (κ1) is 21.6. The van der Waals surface area contributed by atoms with E-state index in [0.717, 1.165) is 12.5 Å². The van der Waals surface area contributed by atoms with Gasteiger partial charge in [0, 0.05) is 19.7 Å². The Morgan fingerprint density at radius 1 is 1.24 bits per heavy atom. The number of ether oxygens (including phenoxy) is 2.